The first kappa shape index (κ1) is 26.2. The van der Waals surface area contributed by atoms with E-state index in [2.05, 4.69) is 10.6 Å². The first-order chi connectivity index (χ1) is 20.8. The van der Waals surface area contributed by atoms with Gasteiger partial charge in [-0.15, -0.1) is 0 Å². The van der Waals surface area contributed by atoms with Gasteiger partial charge in [-0.2, -0.15) is 0 Å². The maximum atomic E-state index is 14.8. The molecule has 2 aromatic carbocycles. The van der Waals surface area contributed by atoms with Crippen molar-refractivity contribution in [3.8, 4) is 34.3 Å². The van der Waals surface area contributed by atoms with Crippen LogP contribution in [0.25, 0.3) is 44.8 Å². The van der Waals surface area contributed by atoms with Crippen LogP contribution in [0.5, 0.6) is 11.5 Å². The third-order valence-corrected chi connectivity index (χ3v) is 9.68. The number of nitrogens with two attached hydrogens (primary N) is 1. The van der Waals surface area contributed by atoms with Crippen LogP contribution in [0, 0.1) is 17.7 Å². The minimum Gasteiger partial charge on any atom is -0.505 e. The minimum absolute atomic E-state index is 0.0335. The van der Waals surface area contributed by atoms with E-state index in [1.165, 1.54) is 6.07 Å². The van der Waals surface area contributed by atoms with E-state index < -0.39 is 11.6 Å². The normalized spacial score (nSPS) is 21.4. The zero-order chi connectivity index (χ0) is 29.6. The van der Waals surface area contributed by atoms with Gasteiger partial charge in [0, 0.05) is 48.7 Å². The van der Waals surface area contributed by atoms with Crippen molar-refractivity contribution >= 4 is 28.0 Å². The number of hydrogen-bond donors (Lipinski definition) is 2. The number of fused-ring (bicyclic) bond motifs is 4. The average Bonchev–Trinajstić information content (AvgIpc) is 3.42. The van der Waals surface area contributed by atoms with Crippen LogP contribution in [-0.2, 0) is 13.6 Å². The second-order valence-electron chi connectivity index (χ2n) is 12.3. The quantitative estimate of drug-likeness (QED) is 0.290. The van der Waals surface area contributed by atoms with E-state index in [0.717, 1.165) is 60.3 Å². The van der Waals surface area contributed by atoms with Gasteiger partial charge < -0.3 is 29.6 Å². The summed E-state index contributed by atoms with van der Waals surface area (Å²) >= 11 is 0. The lowest BCUT2D eigenvalue weighted by Gasteiger charge is -2.27. The molecule has 1 aliphatic heterocycles. The van der Waals surface area contributed by atoms with Crippen LogP contribution in [0.15, 0.2) is 48.5 Å². The lowest BCUT2D eigenvalue weighted by atomic mass is 10.1. The number of halogens is 1. The zero-order valence-corrected chi connectivity index (χ0v) is 24.1. The van der Waals surface area contributed by atoms with Crippen molar-refractivity contribution in [2.45, 2.75) is 44.3 Å². The summed E-state index contributed by atoms with van der Waals surface area (Å²) in [7, 11) is 3.56. The number of carbonyl (C=O) groups excluding carboxylic acids is 1. The van der Waals surface area contributed by atoms with Gasteiger partial charge in [-0.3, -0.25) is 4.79 Å². The third-order valence-electron chi connectivity index (χ3n) is 9.68. The molecule has 0 spiro atoms. The molecule has 2 aliphatic carbocycles. The molecule has 9 nitrogen and oxygen atoms in total. The van der Waals surface area contributed by atoms with Gasteiger partial charge in [0.1, 0.15) is 16.9 Å². The Morgan fingerprint density at radius 3 is 2.67 bits per heavy atom. The Balaban J connectivity index is 1.25. The Morgan fingerprint density at radius 1 is 1.12 bits per heavy atom. The molecule has 3 N–H and O–H groups in total. The van der Waals surface area contributed by atoms with E-state index in [-0.39, 0.29) is 23.6 Å². The fourth-order valence-electron chi connectivity index (χ4n) is 7.19. The summed E-state index contributed by atoms with van der Waals surface area (Å²) in [4.78, 5) is 25.5. The number of likely N-dealkylation sites (tertiary alicyclic amines) is 1. The Bertz CT molecular complexity index is 1940. The first-order valence-corrected chi connectivity index (χ1v) is 14.9. The van der Waals surface area contributed by atoms with Crippen LogP contribution in [0.3, 0.4) is 0 Å². The number of nitrogens with zero attached hydrogens (tertiary/aromatic N) is 5. The van der Waals surface area contributed by atoms with Gasteiger partial charge in [0.05, 0.1) is 24.0 Å². The zero-order valence-electron chi connectivity index (χ0n) is 24.1. The molecule has 10 heteroatoms. The van der Waals surface area contributed by atoms with E-state index >= 15 is 0 Å². The molecule has 0 radical (unpaired) electrons. The Hall–Kier alpha value is -4.44. The summed E-state index contributed by atoms with van der Waals surface area (Å²) in [6.07, 6.45) is 4.31. The summed E-state index contributed by atoms with van der Waals surface area (Å²) in [5.74, 6) is 1.09. The minimum atomic E-state index is -0.689. The third kappa shape index (κ3) is 4.03. The summed E-state index contributed by atoms with van der Waals surface area (Å²) in [6, 6.07) is 14.1. The standard InChI is InChI=1S/C33H33FN6O3/c1-38-30-23(12-20(14-27(30)43-2)33(42)40-16-19-9-11-24(40)29(19)35)37-32(38)25-13-18-8-10-22(21-4-3-5-26(41)28(21)34)36-31(18)39(25)15-17-6-7-17/h3-5,8,10,12-14,17,19,24,29,41H,6-7,9,11,15-16,35H2,1-2H3/t19?,24?,29-/m1/s1. The summed E-state index contributed by atoms with van der Waals surface area (Å²) in [5, 5.41) is 10.9. The van der Waals surface area contributed by atoms with Gasteiger partial charge in [0.2, 0.25) is 0 Å². The lowest BCUT2D eigenvalue weighted by molar-refractivity contribution is 0.0700. The molecular weight excluding hydrogens is 547 g/mol. The van der Waals surface area contributed by atoms with Crippen molar-refractivity contribution in [1.29, 1.82) is 0 Å². The number of ether oxygens (including phenoxy) is 1. The van der Waals surface area contributed by atoms with Crippen LogP contribution in [0.4, 0.5) is 4.39 Å². The van der Waals surface area contributed by atoms with Crippen LogP contribution in [-0.4, -0.2) is 60.8 Å². The molecule has 2 bridgehead atoms. The van der Waals surface area contributed by atoms with Gasteiger partial charge in [0.25, 0.3) is 5.91 Å². The predicted molar refractivity (Wildman–Crippen MR) is 161 cm³/mol. The van der Waals surface area contributed by atoms with Crippen molar-refractivity contribution in [1.82, 2.24) is 24.0 Å². The molecule has 220 valence electrons. The molecule has 1 amide bonds. The second kappa shape index (κ2) is 9.54. The van der Waals surface area contributed by atoms with Gasteiger partial charge in [-0.05, 0) is 80.0 Å². The number of imidazole rings is 1. The molecule has 5 aromatic rings. The number of methoxy groups -OCH3 is 1. The van der Waals surface area contributed by atoms with E-state index in [0.29, 0.717) is 40.9 Å². The molecule has 8 rings (SSSR count). The van der Waals surface area contributed by atoms with Crippen molar-refractivity contribution in [3.05, 3.63) is 59.9 Å². The van der Waals surface area contributed by atoms with E-state index in [1.807, 2.05) is 34.7 Å². The number of piperidine rings is 1. The SMILES string of the molecule is COc1cc(C(=O)N2CC3CCC2[C@@H]3N)cc2nc(-c3cc4ccc(-c5cccc(O)c5F)nc4n3CC3CC3)n(C)c12. The maximum absolute atomic E-state index is 14.8. The molecule has 3 fully saturated rings. The number of phenols is 1. The highest BCUT2D eigenvalue weighted by Crippen LogP contribution is 2.40. The average molecular weight is 581 g/mol. The fourth-order valence-corrected chi connectivity index (χ4v) is 7.19. The van der Waals surface area contributed by atoms with Crippen molar-refractivity contribution < 1.29 is 19.0 Å². The van der Waals surface area contributed by atoms with Crippen molar-refractivity contribution in [2.75, 3.05) is 13.7 Å². The summed E-state index contributed by atoms with van der Waals surface area (Å²) in [5.41, 5.74) is 10.7. The first-order valence-electron chi connectivity index (χ1n) is 14.9. The highest BCUT2D eigenvalue weighted by Gasteiger charge is 2.47. The number of pyridine rings is 1. The Kier molecular flexibility index (Phi) is 5.81. The van der Waals surface area contributed by atoms with E-state index in [1.54, 1.807) is 25.3 Å². The molecule has 1 saturated heterocycles. The van der Waals surface area contributed by atoms with Crippen LogP contribution in [0.2, 0.25) is 0 Å². The Labute approximate surface area is 247 Å². The molecular formula is C33H33FN6O3. The van der Waals surface area contributed by atoms with Gasteiger partial charge in [0.15, 0.2) is 17.4 Å². The van der Waals surface area contributed by atoms with Crippen molar-refractivity contribution in [3.63, 3.8) is 0 Å². The molecule has 3 atom stereocenters. The summed E-state index contributed by atoms with van der Waals surface area (Å²) < 4.78 is 24.8. The topological polar surface area (TPSA) is 111 Å². The number of amides is 1. The number of carbonyl (C=O) groups is 1. The largest absolute Gasteiger partial charge is 0.505 e. The number of phenolic OH excluding ortho intramolecular Hbond substituents is 1. The molecule has 43 heavy (non-hydrogen) atoms. The number of aryl methyl sites for hydroxylation is 1. The Morgan fingerprint density at radius 2 is 1.95 bits per heavy atom. The van der Waals surface area contributed by atoms with Crippen molar-refractivity contribution in [2.24, 2.45) is 24.6 Å². The molecule has 2 saturated carbocycles. The lowest BCUT2D eigenvalue weighted by Crippen LogP contribution is -2.41. The number of benzene rings is 2. The predicted octanol–water partition coefficient (Wildman–Crippen LogP) is 5.08. The van der Waals surface area contributed by atoms with Gasteiger partial charge in [-0.1, -0.05) is 6.07 Å². The number of aromatic nitrogens is 4. The van der Waals surface area contributed by atoms with Gasteiger partial charge in [-0.25, -0.2) is 14.4 Å². The van der Waals surface area contributed by atoms with E-state index in [9.17, 15) is 14.3 Å². The number of aromatic hydroxyl groups is 1. The fraction of sp³-hybridized carbons (Fsp3) is 0.364. The smallest absolute Gasteiger partial charge is 0.254 e. The molecule has 3 aromatic heterocycles. The van der Waals surface area contributed by atoms with Crippen LogP contribution >= 0.6 is 0 Å². The molecule has 2 unspecified atom stereocenters. The summed E-state index contributed by atoms with van der Waals surface area (Å²) in [6.45, 7) is 1.46. The maximum Gasteiger partial charge on any atom is 0.254 e. The van der Waals surface area contributed by atoms with Gasteiger partial charge >= 0.3 is 0 Å². The van der Waals surface area contributed by atoms with Crippen LogP contribution < -0.4 is 10.5 Å². The molecule has 3 aliphatic rings. The molecule has 4 heterocycles. The monoisotopic (exact) mass is 580 g/mol. The number of rotatable bonds is 6. The van der Waals surface area contributed by atoms with Crippen LogP contribution in [0.1, 0.15) is 36.0 Å². The second-order valence-corrected chi connectivity index (χ2v) is 12.3. The number of hydrogen-bond acceptors (Lipinski definition) is 6. The van der Waals surface area contributed by atoms with E-state index in [4.69, 9.17) is 20.4 Å². The highest BCUT2D eigenvalue weighted by atomic mass is 19.1. The highest BCUT2D eigenvalue weighted by molar-refractivity contribution is 6.00.